The molecule has 1 amide bonds. The number of nitrogens with zero attached hydrogens (tertiary/aromatic N) is 4. The van der Waals surface area contributed by atoms with Crippen LogP contribution in [-0.2, 0) is 17.6 Å². The van der Waals surface area contributed by atoms with Gasteiger partial charge in [-0.15, -0.1) is 21.5 Å². The minimum absolute atomic E-state index is 0.152. The number of rotatable bonds is 5. The lowest BCUT2D eigenvalue weighted by Gasteiger charge is -2.00. The maximum atomic E-state index is 13.1. The molecular weight excluding hydrogens is 373 g/mol. The van der Waals surface area contributed by atoms with E-state index in [1.807, 2.05) is 22.9 Å². The Morgan fingerprint density at radius 3 is 2.81 bits per heavy atom. The molecule has 6 nitrogen and oxygen atoms in total. The minimum atomic E-state index is -0.282. The molecule has 0 bridgehead atoms. The van der Waals surface area contributed by atoms with Crippen LogP contribution in [0.25, 0.3) is 16.2 Å². The second-order valence-corrected chi connectivity index (χ2v) is 7.49. The van der Waals surface area contributed by atoms with Gasteiger partial charge in [-0.05, 0) is 30.7 Å². The number of imidazole rings is 1. The van der Waals surface area contributed by atoms with Gasteiger partial charge in [-0.1, -0.05) is 18.3 Å². The van der Waals surface area contributed by atoms with E-state index in [-0.39, 0.29) is 18.1 Å². The summed E-state index contributed by atoms with van der Waals surface area (Å²) in [6.45, 7) is 1.99. The summed E-state index contributed by atoms with van der Waals surface area (Å²) >= 11 is 2.84. The van der Waals surface area contributed by atoms with Gasteiger partial charge in [0.05, 0.1) is 12.1 Å². The van der Waals surface area contributed by atoms with Crippen LogP contribution >= 0.6 is 22.7 Å². The molecule has 0 saturated heterocycles. The first-order valence-electron chi connectivity index (χ1n) is 7.96. The van der Waals surface area contributed by atoms with Crippen LogP contribution in [0.15, 0.2) is 35.8 Å². The SMILES string of the molecule is CCc1nnc(NC(=O)Cc2csc3nc(-c4ccc(F)cc4)cn23)s1. The molecule has 3 aromatic heterocycles. The number of thiazole rings is 1. The summed E-state index contributed by atoms with van der Waals surface area (Å²) in [6, 6.07) is 6.19. The van der Waals surface area contributed by atoms with E-state index in [4.69, 9.17) is 0 Å². The monoisotopic (exact) mass is 387 g/mol. The predicted molar refractivity (Wildman–Crippen MR) is 100 cm³/mol. The first-order chi connectivity index (χ1) is 12.6. The maximum absolute atomic E-state index is 13.1. The zero-order chi connectivity index (χ0) is 18.1. The Morgan fingerprint density at radius 2 is 2.08 bits per heavy atom. The van der Waals surface area contributed by atoms with E-state index in [1.54, 1.807) is 12.1 Å². The van der Waals surface area contributed by atoms with Gasteiger partial charge < -0.3 is 5.32 Å². The van der Waals surface area contributed by atoms with Gasteiger partial charge >= 0.3 is 0 Å². The number of carbonyl (C=O) groups is 1. The molecule has 0 saturated carbocycles. The quantitative estimate of drug-likeness (QED) is 0.565. The van der Waals surface area contributed by atoms with Gasteiger partial charge in [0, 0.05) is 22.8 Å². The molecule has 0 aliphatic carbocycles. The summed E-state index contributed by atoms with van der Waals surface area (Å²) in [5, 5.41) is 14.0. The fourth-order valence-corrected chi connectivity index (χ4v) is 4.06. The average Bonchev–Trinajstić information content (AvgIpc) is 3.33. The molecule has 1 aromatic carbocycles. The molecule has 0 unspecified atom stereocenters. The molecular formula is C17H14FN5OS2. The largest absolute Gasteiger partial charge is 0.300 e. The van der Waals surface area contributed by atoms with Crippen molar-refractivity contribution in [2.75, 3.05) is 5.32 Å². The van der Waals surface area contributed by atoms with Crippen molar-refractivity contribution in [2.24, 2.45) is 0 Å². The Labute approximate surface area is 156 Å². The minimum Gasteiger partial charge on any atom is -0.300 e. The smallest absolute Gasteiger partial charge is 0.232 e. The molecule has 4 rings (SSSR count). The third kappa shape index (κ3) is 3.35. The van der Waals surface area contributed by atoms with Crippen LogP contribution in [0.4, 0.5) is 9.52 Å². The lowest BCUT2D eigenvalue weighted by atomic mass is 10.2. The molecule has 0 radical (unpaired) electrons. The van der Waals surface area contributed by atoms with Gasteiger partial charge in [0.1, 0.15) is 10.8 Å². The fraction of sp³-hybridized carbons (Fsp3) is 0.176. The number of halogens is 1. The fourth-order valence-electron chi connectivity index (χ4n) is 2.49. The average molecular weight is 387 g/mol. The third-order valence-corrected chi connectivity index (χ3v) is 5.65. The van der Waals surface area contributed by atoms with Crippen LogP contribution in [0.5, 0.6) is 0 Å². The molecule has 9 heteroatoms. The van der Waals surface area contributed by atoms with Gasteiger partial charge in [-0.25, -0.2) is 9.37 Å². The standard InChI is InChI=1S/C17H14FN5OS2/c1-2-15-21-22-16(26-15)20-14(24)7-12-9-25-17-19-13(8-23(12)17)10-3-5-11(18)6-4-10/h3-6,8-9H,2,7H2,1H3,(H,20,22,24). The van der Waals surface area contributed by atoms with E-state index >= 15 is 0 Å². The number of hydrogen-bond acceptors (Lipinski definition) is 6. The van der Waals surface area contributed by atoms with Crippen molar-refractivity contribution >= 4 is 38.7 Å². The number of anilines is 1. The summed E-state index contributed by atoms with van der Waals surface area (Å²) < 4.78 is 15.0. The second-order valence-electron chi connectivity index (χ2n) is 5.59. The molecule has 3 heterocycles. The van der Waals surface area contributed by atoms with E-state index in [0.717, 1.165) is 33.3 Å². The van der Waals surface area contributed by atoms with Crippen molar-refractivity contribution in [3.63, 3.8) is 0 Å². The first-order valence-corrected chi connectivity index (χ1v) is 9.65. The lowest BCUT2D eigenvalue weighted by Crippen LogP contribution is -2.15. The zero-order valence-corrected chi connectivity index (χ0v) is 15.4. The number of hydrogen-bond donors (Lipinski definition) is 1. The highest BCUT2D eigenvalue weighted by Gasteiger charge is 2.14. The topological polar surface area (TPSA) is 72.2 Å². The van der Waals surface area contributed by atoms with Crippen molar-refractivity contribution in [3.8, 4) is 11.3 Å². The van der Waals surface area contributed by atoms with Gasteiger partial charge in [-0.2, -0.15) is 0 Å². The second kappa shape index (κ2) is 6.93. The predicted octanol–water partition coefficient (Wildman–Crippen LogP) is 3.80. The molecule has 0 atom stereocenters. The summed E-state index contributed by atoms with van der Waals surface area (Å²) in [4.78, 5) is 17.6. The van der Waals surface area contributed by atoms with E-state index in [9.17, 15) is 9.18 Å². The van der Waals surface area contributed by atoms with E-state index in [2.05, 4.69) is 20.5 Å². The summed E-state index contributed by atoms with van der Waals surface area (Å²) in [6.07, 6.45) is 2.86. The molecule has 0 spiro atoms. The Balaban J connectivity index is 1.53. The Morgan fingerprint density at radius 1 is 1.27 bits per heavy atom. The van der Waals surface area contributed by atoms with E-state index in [1.165, 1.54) is 34.8 Å². The number of fused-ring (bicyclic) bond motifs is 1. The normalized spacial score (nSPS) is 11.2. The summed E-state index contributed by atoms with van der Waals surface area (Å²) in [7, 11) is 0. The first kappa shape index (κ1) is 16.8. The molecule has 0 aliphatic heterocycles. The van der Waals surface area contributed by atoms with Crippen molar-refractivity contribution in [1.29, 1.82) is 0 Å². The van der Waals surface area contributed by atoms with Crippen LogP contribution in [-0.4, -0.2) is 25.5 Å². The summed E-state index contributed by atoms with van der Waals surface area (Å²) in [5.74, 6) is -0.435. The number of benzene rings is 1. The molecule has 4 aromatic rings. The number of aromatic nitrogens is 4. The molecule has 26 heavy (non-hydrogen) atoms. The Kier molecular flexibility index (Phi) is 4.48. The number of nitrogens with one attached hydrogen (secondary N) is 1. The molecule has 132 valence electrons. The van der Waals surface area contributed by atoms with Crippen molar-refractivity contribution in [1.82, 2.24) is 19.6 Å². The van der Waals surface area contributed by atoms with Crippen LogP contribution in [0.3, 0.4) is 0 Å². The number of aryl methyl sites for hydroxylation is 1. The van der Waals surface area contributed by atoms with Crippen LogP contribution in [0, 0.1) is 5.82 Å². The van der Waals surface area contributed by atoms with Gasteiger partial charge in [-0.3, -0.25) is 9.20 Å². The zero-order valence-electron chi connectivity index (χ0n) is 13.8. The van der Waals surface area contributed by atoms with E-state index < -0.39 is 0 Å². The maximum Gasteiger partial charge on any atom is 0.232 e. The van der Waals surface area contributed by atoms with E-state index in [0.29, 0.717) is 5.13 Å². The Hall–Kier alpha value is -2.65. The molecule has 0 aliphatic rings. The van der Waals surface area contributed by atoms with Gasteiger partial charge in [0.25, 0.3) is 0 Å². The van der Waals surface area contributed by atoms with Crippen molar-refractivity contribution < 1.29 is 9.18 Å². The van der Waals surface area contributed by atoms with Crippen molar-refractivity contribution in [3.05, 3.63) is 52.4 Å². The van der Waals surface area contributed by atoms with Crippen LogP contribution in [0.2, 0.25) is 0 Å². The van der Waals surface area contributed by atoms with Gasteiger partial charge in [0.15, 0.2) is 4.96 Å². The molecule has 0 fully saturated rings. The van der Waals surface area contributed by atoms with Crippen LogP contribution in [0.1, 0.15) is 17.6 Å². The lowest BCUT2D eigenvalue weighted by molar-refractivity contribution is -0.115. The number of carbonyl (C=O) groups excluding carboxylic acids is 1. The summed E-state index contributed by atoms with van der Waals surface area (Å²) in [5.41, 5.74) is 2.41. The van der Waals surface area contributed by atoms with Gasteiger partial charge in [0.2, 0.25) is 11.0 Å². The molecule has 1 N–H and O–H groups in total. The van der Waals surface area contributed by atoms with Crippen LogP contribution < -0.4 is 5.32 Å². The highest BCUT2D eigenvalue weighted by atomic mass is 32.1. The number of amides is 1. The Bertz CT molecular complexity index is 1070. The highest BCUT2D eigenvalue weighted by Crippen LogP contribution is 2.24. The highest BCUT2D eigenvalue weighted by molar-refractivity contribution is 7.15. The third-order valence-electron chi connectivity index (χ3n) is 3.78. The van der Waals surface area contributed by atoms with Crippen molar-refractivity contribution in [2.45, 2.75) is 19.8 Å².